The van der Waals surface area contributed by atoms with Crippen molar-refractivity contribution >= 4 is 17.6 Å². The molecule has 110 valence electrons. The first-order valence-corrected chi connectivity index (χ1v) is 7.25. The molecular weight excluding hydrogens is 278 g/mol. The summed E-state index contributed by atoms with van der Waals surface area (Å²) in [5.74, 6) is 0.814. The lowest BCUT2D eigenvalue weighted by Crippen LogP contribution is -2.38. The SMILES string of the molecule is COC(=O)C1CCN(CCOc2ccc(Cl)cc2)CC1. The first kappa shape index (κ1) is 15.1. The molecule has 0 amide bonds. The van der Waals surface area contributed by atoms with E-state index in [0.717, 1.165) is 38.2 Å². The Morgan fingerprint density at radius 1 is 1.30 bits per heavy atom. The van der Waals surface area contributed by atoms with Gasteiger partial charge in [-0.05, 0) is 50.2 Å². The van der Waals surface area contributed by atoms with Crippen molar-refractivity contribution in [2.24, 2.45) is 5.92 Å². The third-order valence-corrected chi connectivity index (χ3v) is 3.86. The van der Waals surface area contributed by atoms with Crippen molar-refractivity contribution in [1.82, 2.24) is 4.90 Å². The fourth-order valence-corrected chi connectivity index (χ4v) is 2.51. The van der Waals surface area contributed by atoms with Crippen molar-refractivity contribution in [3.8, 4) is 5.75 Å². The number of nitrogens with zero attached hydrogens (tertiary/aromatic N) is 1. The molecule has 5 heteroatoms. The highest BCUT2D eigenvalue weighted by Crippen LogP contribution is 2.19. The normalized spacial score (nSPS) is 16.9. The summed E-state index contributed by atoms with van der Waals surface area (Å²) < 4.78 is 10.4. The summed E-state index contributed by atoms with van der Waals surface area (Å²) in [4.78, 5) is 13.7. The summed E-state index contributed by atoms with van der Waals surface area (Å²) in [7, 11) is 1.45. The van der Waals surface area contributed by atoms with Crippen molar-refractivity contribution in [1.29, 1.82) is 0 Å². The predicted molar refractivity (Wildman–Crippen MR) is 78.1 cm³/mol. The number of halogens is 1. The van der Waals surface area contributed by atoms with Crippen molar-refractivity contribution in [3.05, 3.63) is 29.3 Å². The molecule has 1 aliphatic heterocycles. The highest BCUT2D eigenvalue weighted by atomic mass is 35.5. The van der Waals surface area contributed by atoms with E-state index in [4.69, 9.17) is 21.1 Å². The first-order chi connectivity index (χ1) is 9.69. The molecule has 2 rings (SSSR count). The molecule has 1 aromatic carbocycles. The first-order valence-electron chi connectivity index (χ1n) is 6.87. The molecular formula is C15H20ClNO3. The van der Waals surface area contributed by atoms with Crippen LogP contribution in [0.2, 0.25) is 5.02 Å². The molecule has 0 aliphatic carbocycles. The zero-order chi connectivity index (χ0) is 14.4. The molecule has 0 aromatic heterocycles. The zero-order valence-corrected chi connectivity index (χ0v) is 12.4. The van der Waals surface area contributed by atoms with E-state index < -0.39 is 0 Å². The number of carbonyl (C=O) groups excluding carboxylic acids is 1. The van der Waals surface area contributed by atoms with Crippen LogP contribution in [-0.4, -0.2) is 44.2 Å². The van der Waals surface area contributed by atoms with E-state index in [0.29, 0.717) is 11.6 Å². The van der Waals surface area contributed by atoms with Gasteiger partial charge in [-0.15, -0.1) is 0 Å². The summed E-state index contributed by atoms with van der Waals surface area (Å²) >= 11 is 5.82. The smallest absolute Gasteiger partial charge is 0.308 e. The van der Waals surface area contributed by atoms with Gasteiger partial charge in [0.25, 0.3) is 0 Å². The van der Waals surface area contributed by atoms with Gasteiger partial charge in [0.1, 0.15) is 12.4 Å². The number of rotatable bonds is 5. The van der Waals surface area contributed by atoms with E-state index in [-0.39, 0.29) is 11.9 Å². The van der Waals surface area contributed by atoms with Gasteiger partial charge in [0, 0.05) is 11.6 Å². The van der Waals surface area contributed by atoms with Crippen molar-refractivity contribution < 1.29 is 14.3 Å². The Bertz CT molecular complexity index is 427. The topological polar surface area (TPSA) is 38.8 Å². The zero-order valence-electron chi connectivity index (χ0n) is 11.7. The Balaban J connectivity index is 1.66. The minimum absolute atomic E-state index is 0.0634. The van der Waals surface area contributed by atoms with Crippen LogP contribution in [0.4, 0.5) is 0 Å². The summed E-state index contributed by atoms with van der Waals surface area (Å²) in [6.07, 6.45) is 1.74. The van der Waals surface area contributed by atoms with Crippen molar-refractivity contribution in [3.63, 3.8) is 0 Å². The maximum Gasteiger partial charge on any atom is 0.308 e. The van der Waals surface area contributed by atoms with E-state index >= 15 is 0 Å². The fourth-order valence-electron chi connectivity index (χ4n) is 2.38. The molecule has 0 atom stereocenters. The molecule has 0 saturated carbocycles. The summed E-state index contributed by atoms with van der Waals surface area (Å²) in [5, 5.41) is 0.710. The van der Waals surface area contributed by atoms with Gasteiger partial charge < -0.3 is 9.47 Å². The monoisotopic (exact) mass is 297 g/mol. The molecule has 1 aromatic rings. The van der Waals surface area contributed by atoms with Gasteiger partial charge in [-0.25, -0.2) is 0 Å². The Morgan fingerprint density at radius 2 is 1.95 bits per heavy atom. The van der Waals surface area contributed by atoms with Crippen molar-refractivity contribution in [2.75, 3.05) is 33.4 Å². The molecule has 0 unspecified atom stereocenters. The molecule has 4 nitrogen and oxygen atoms in total. The highest BCUT2D eigenvalue weighted by molar-refractivity contribution is 6.30. The maximum atomic E-state index is 11.4. The number of carbonyl (C=O) groups is 1. The lowest BCUT2D eigenvalue weighted by molar-refractivity contribution is -0.147. The van der Waals surface area contributed by atoms with Gasteiger partial charge in [-0.3, -0.25) is 9.69 Å². The number of benzene rings is 1. The van der Waals surface area contributed by atoms with Gasteiger partial charge in [-0.2, -0.15) is 0 Å². The van der Waals surface area contributed by atoms with Crippen LogP contribution in [0.15, 0.2) is 24.3 Å². The van der Waals surface area contributed by atoms with Gasteiger partial charge in [-0.1, -0.05) is 11.6 Å². The Morgan fingerprint density at radius 3 is 2.55 bits per heavy atom. The van der Waals surface area contributed by atoms with Gasteiger partial charge in [0.2, 0.25) is 0 Å². The van der Waals surface area contributed by atoms with Crippen molar-refractivity contribution in [2.45, 2.75) is 12.8 Å². The largest absolute Gasteiger partial charge is 0.492 e. The number of piperidine rings is 1. The minimum atomic E-state index is -0.0814. The van der Waals surface area contributed by atoms with Crippen LogP contribution in [0, 0.1) is 5.92 Å². The molecule has 1 aliphatic rings. The third-order valence-electron chi connectivity index (χ3n) is 3.61. The fraction of sp³-hybridized carbons (Fsp3) is 0.533. The van der Waals surface area contributed by atoms with E-state index in [1.807, 2.05) is 24.3 Å². The molecule has 0 radical (unpaired) electrons. The number of hydrogen-bond acceptors (Lipinski definition) is 4. The number of hydrogen-bond donors (Lipinski definition) is 0. The lowest BCUT2D eigenvalue weighted by atomic mass is 9.97. The number of esters is 1. The van der Waals surface area contributed by atoms with Crippen LogP contribution < -0.4 is 4.74 Å². The second-order valence-corrected chi connectivity index (χ2v) is 5.38. The molecule has 0 spiro atoms. The average Bonchev–Trinajstić information content (AvgIpc) is 2.49. The van der Waals surface area contributed by atoms with E-state index in [2.05, 4.69) is 4.90 Å². The van der Waals surface area contributed by atoms with Crippen LogP contribution in [0.3, 0.4) is 0 Å². The van der Waals surface area contributed by atoms with Crippen LogP contribution in [-0.2, 0) is 9.53 Å². The van der Waals surface area contributed by atoms with Crippen LogP contribution in [0.5, 0.6) is 5.75 Å². The summed E-state index contributed by atoms with van der Waals surface area (Å²) in [5.41, 5.74) is 0. The van der Waals surface area contributed by atoms with E-state index in [1.165, 1.54) is 7.11 Å². The Kier molecular flexibility index (Phi) is 5.68. The number of ether oxygens (including phenoxy) is 2. The third kappa shape index (κ3) is 4.39. The molecule has 1 heterocycles. The van der Waals surface area contributed by atoms with Gasteiger partial charge >= 0.3 is 5.97 Å². The maximum absolute atomic E-state index is 11.4. The number of methoxy groups -OCH3 is 1. The van der Waals surface area contributed by atoms with Crippen LogP contribution in [0.1, 0.15) is 12.8 Å². The van der Waals surface area contributed by atoms with Gasteiger partial charge in [0.15, 0.2) is 0 Å². The second-order valence-electron chi connectivity index (χ2n) is 4.94. The molecule has 1 saturated heterocycles. The highest BCUT2D eigenvalue weighted by Gasteiger charge is 2.25. The molecule has 20 heavy (non-hydrogen) atoms. The molecule has 1 fully saturated rings. The van der Waals surface area contributed by atoms with E-state index in [1.54, 1.807) is 0 Å². The number of likely N-dealkylation sites (tertiary alicyclic amines) is 1. The quantitative estimate of drug-likeness (QED) is 0.783. The predicted octanol–water partition coefficient (Wildman–Crippen LogP) is 2.60. The lowest BCUT2D eigenvalue weighted by Gasteiger charge is -2.30. The summed E-state index contributed by atoms with van der Waals surface area (Å²) in [6.45, 7) is 3.36. The minimum Gasteiger partial charge on any atom is -0.492 e. The van der Waals surface area contributed by atoms with Crippen LogP contribution in [0.25, 0.3) is 0 Å². The van der Waals surface area contributed by atoms with Crippen LogP contribution >= 0.6 is 11.6 Å². The Labute approximate surface area is 124 Å². The standard InChI is InChI=1S/C15H20ClNO3/c1-19-15(18)12-6-8-17(9-7-12)10-11-20-14-4-2-13(16)3-5-14/h2-5,12H,6-11H2,1H3. The van der Waals surface area contributed by atoms with Gasteiger partial charge in [0.05, 0.1) is 13.0 Å². The average molecular weight is 298 g/mol. The molecule has 0 bridgehead atoms. The summed E-state index contributed by atoms with van der Waals surface area (Å²) in [6, 6.07) is 7.37. The van der Waals surface area contributed by atoms with E-state index in [9.17, 15) is 4.79 Å². The second kappa shape index (κ2) is 7.50. The Hall–Kier alpha value is -1.26. The molecule has 0 N–H and O–H groups in total.